The van der Waals surface area contributed by atoms with Crippen molar-refractivity contribution in [2.24, 2.45) is 4.99 Å². The zero-order chi connectivity index (χ0) is 23.7. The van der Waals surface area contributed by atoms with Crippen LogP contribution in [0.2, 0.25) is 0 Å². The second kappa shape index (κ2) is 9.08. The molecule has 0 bridgehead atoms. The Labute approximate surface area is 206 Å². The second-order valence-corrected chi connectivity index (χ2v) is 10.7. The number of carbonyl (C=O) groups excluding carboxylic acids is 1. The van der Waals surface area contributed by atoms with Gasteiger partial charge in [0, 0.05) is 28.1 Å². The van der Waals surface area contributed by atoms with E-state index in [-0.39, 0.29) is 11.4 Å². The Morgan fingerprint density at radius 3 is 2.65 bits per heavy atom. The summed E-state index contributed by atoms with van der Waals surface area (Å²) >= 11 is 0. The van der Waals surface area contributed by atoms with Crippen molar-refractivity contribution < 1.29 is 9.53 Å². The summed E-state index contributed by atoms with van der Waals surface area (Å²) < 4.78 is 6.73. The monoisotopic (exact) mass is 487 g/mol. The Morgan fingerprint density at radius 2 is 1.85 bits per heavy atom. The quantitative estimate of drug-likeness (QED) is 0.297. The molecule has 1 aliphatic rings. The molecule has 2 N–H and O–H groups in total. The molecular formula is C27H25N3O2S2. The van der Waals surface area contributed by atoms with Crippen molar-refractivity contribution in [3.8, 4) is 16.9 Å². The molecule has 4 aromatic rings. The lowest BCUT2D eigenvalue weighted by Crippen LogP contribution is -2.31. The van der Waals surface area contributed by atoms with Crippen LogP contribution in [0, 0.1) is 0 Å². The van der Waals surface area contributed by atoms with Gasteiger partial charge in [0.15, 0.2) is 0 Å². The van der Waals surface area contributed by atoms with Crippen LogP contribution in [0.15, 0.2) is 77.8 Å². The highest BCUT2D eigenvalue weighted by molar-refractivity contribution is 7.68. The van der Waals surface area contributed by atoms with E-state index in [0.29, 0.717) is 17.9 Å². The van der Waals surface area contributed by atoms with Crippen LogP contribution in [0.3, 0.4) is 0 Å². The van der Waals surface area contributed by atoms with Crippen LogP contribution >= 0.6 is 20.7 Å². The molecule has 5 nitrogen and oxygen atoms in total. The molecule has 0 saturated heterocycles. The number of anilines is 2. The third-order valence-electron chi connectivity index (χ3n) is 5.60. The maximum Gasteiger partial charge on any atom is 0.255 e. The van der Waals surface area contributed by atoms with Crippen LogP contribution in [0.5, 0.6) is 5.75 Å². The van der Waals surface area contributed by atoms with Gasteiger partial charge in [0.05, 0.1) is 22.7 Å². The standard InChI is InChI=1S/C27H25N3O2S2/c1-4-32-20-13-14-22-21(16-20)23-24(27(2,3)30-22)33-34-26(23)29-19-12-8-11-18(15-19)28-25(31)17-9-6-5-7-10-17/h5-16,30H,4H2,1-3H3,(H,28,31). The van der Waals surface area contributed by atoms with E-state index in [1.165, 1.54) is 4.88 Å². The molecule has 34 heavy (non-hydrogen) atoms. The van der Waals surface area contributed by atoms with E-state index in [1.807, 2.05) is 55.5 Å². The Kier molecular flexibility index (Phi) is 5.98. The highest BCUT2D eigenvalue weighted by Gasteiger charge is 2.33. The number of rotatable bonds is 5. The molecule has 0 unspecified atom stereocenters. The van der Waals surface area contributed by atoms with Crippen LogP contribution in [0.4, 0.5) is 17.1 Å². The average Bonchev–Trinajstić information content (AvgIpc) is 3.25. The molecule has 0 fully saturated rings. The summed E-state index contributed by atoms with van der Waals surface area (Å²) in [5.41, 5.74) is 5.25. The van der Waals surface area contributed by atoms with Gasteiger partial charge >= 0.3 is 0 Å². The number of nitrogens with zero attached hydrogens (tertiary/aromatic N) is 1. The highest BCUT2D eigenvalue weighted by atomic mass is 32.9. The van der Waals surface area contributed by atoms with Gasteiger partial charge in [0.1, 0.15) is 10.4 Å². The van der Waals surface area contributed by atoms with Crippen molar-refractivity contribution in [1.29, 1.82) is 0 Å². The van der Waals surface area contributed by atoms with Crippen molar-refractivity contribution in [2.75, 3.05) is 17.2 Å². The van der Waals surface area contributed by atoms with Gasteiger partial charge in [-0.15, -0.1) is 0 Å². The van der Waals surface area contributed by atoms with Crippen molar-refractivity contribution in [3.05, 3.63) is 87.9 Å². The van der Waals surface area contributed by atoms with E-state index < -0.39 is 0 Å². The molecule has 0 spiro atoms. The Balaban J connectivity index is 1.54. The zero-order valence-corrected chi connectivity index (χ0v) is 20.8. The van der Waals surface area contributed by atoms with E-state index in [9.17, 15) is 4.79 Å². The second-order valence-electron chi connectivity index (χ2n) is 8.55. The van der Waals surface area contributed by atoms with Crippen LogP contribution in [0.25, 0.3) is 11.1 Å². The van der Waals surface area contributed by atoms with Crippen LogP contribution in [0.1, 0.15) is 36.0 Å². The summed E-state index contributed by atoms with van der Waals surface area (Å²) in [7, 11) is 3.42. The first-order valence-corrected chi connectivity index (χ1v) is 13.3. The molecule has 7 heteroatoms. The Bertz CT molecular complexity index is 1420. The van der Waals surface area contributed by atoms with Crippen molar-refractivity contribution in [1.82, 2.24) is 0 Å². The zero-order valence-electron chi connectivity index (χ0n) is 19.2. The molecule has 172 valence electrons. The maximum absolute atomic E-state index is 12.6. The van der Waals surface area contributed by atoms with Gasteiger partial charge in [0.2, 0.25) is 0 Å². The van der Waals surface area contributed by atoms with Crippen molar-refractivity contribution >= 4 is 43.7 Å². The minimum atomic E-state index is -0.199. The fourth-order valence-electron chi connectivity index (χ4n) is 4.04. The molecule has 3 aromatic carbocycles. The minimum absolute atomic E-state index is 0.140. The van der Waals surface area contributed by atoms with E-state index in [4.69, 9.17) is 9.73 Å². The number of carbonyl (C=O) groups is 1. The lowest BCUT2D eigenvalue weighted by molar-refractivity contribution is 0.102. The normalized spacial score (nSPS) is 14.0. The molecule has 1 aliphatic heterocycles. The molecule has 0 atom stereocenters. The molecule has 0 saturated carbocycles. The summed E-state index contributed by atoms with van der Waals surface area (Å²) in [6.07, 6.45) is 0. The first-order valence-electron chi connectivity index (χ1n) is 11.1. The number of amides is 1. The van der Waals surface area contributed by atoms with Crippen LogP contribution in [-0.2, 0) is 5.54 Å². The van der Waals surface area contributed by atoms with Gasteiger partial charge in [-0.05, 0) is 69.3 Å². The lowest BCUT2D eigenvalue weighted by Gasteiger charge is -2.33. The predicted molar refractivity (Wildman–Crippen MR) is 142 cm³/mol. The molecule has 1 amide bonds. The molecule has 1 aromatic heterocycles. The topological polar surface area (TPSA) is 62.7 Å². The SMILES string of the molecule is CCOc1ccc2c(c1)-c1c(ssc1=Nc1cccc(NC(=O)c3ccccc3)c1)C(C)(C)N2. The molecular weight excluding hydrogens is 462 g/mol. The predicted octanol–water partition coefficient (Wildman–Crippen LogP) is 7.02. The summed E-state index contributed by atoms with van der Waals surface area (Å²) in [4.78, 5) is 18.8. The fraction of sp³-hybridized carbons (Fsp3) is 0.185. The van der Waals surface area contributed by atoms with Crippen molar-refractivity contribution in [2.45, 2.75) is 26.3 Å². The van der Waals surface area contributed by atoms with Gasteiger partial charge in [-0.25, -0.2) is 4.99 Å². The van der Waals surface area contributed by atoms with Gasteiger partial charge < -0.3 is 15.4 Å². The number of nitrogens with one attached hydrogen (secondary N) is 2. The highest BCUT2D eigenvalue weighted by Crippen LogP contribution is 2.46. The molecule has 0 aliphatic carbocycles. The fourth-order valence-corrected chi connectivity index (χ4v) is 6.98. The molecule has 2 heterocycles. The third kappa shape index (κ3) is 4.36. The van der Waals surface area contributed by atoms with Gasteiger partial charge in [-0.1, -0.05) is 44.9 Å². The minimum Gasteiger partial charge on any atom is -0.494 e. The van der Waals surface area contributed by atoms with Crippen LogP contribution in [-0.4, -0.2) is 12.5 Å². The van der Waals surface area contributed by atoms with E-state index >= 15 is 0 Å². The number of fused-ring (bicyclic) bond motifs is 3. The smallest absolute Gasteiger partial charge is 0.255 e. The average molecular weight is 488 g/mol. The van der Waals surface area contributed by atoms with Gasteiger partial charge in [0.25, 0.3) is 5.91 Å². The molecule has 5 rings (SSSR count). The van der Waals surface area contributed by atoms with Crippen molar-refractivity contribution in [3.63, 3.8) is 0 Å². The number of hydrogen-bond acceptors (Lipinski definition) is 6. The Hall–Kier alpha value is -3.42. The summed E-state index contributed by atoms with van der Waals surface area (Å²) in [5, 5.41) is 6.63. The maximum atomic E-state index is 12.6. The Morgan fingerprint density at radius 1 is 1.03 bits per heavy atom. The molecule has 0 radical (unpaired) electrons. The number of ether oxygens (including phenoxy) is 1. The largest absolute Gasteiger partial charge is 0.494 e. The van der Waals surface area contributed by atoms with E-state index in [2.05, 4.69) is 36.6 Å². The number of benzene rings is 3. The summed E-state index contributed by atoms with van der Waals surface area (Å²) in [6.45, 7) is 6.99. The van der Waals surface area contributed by atoms with Gasteiger partial charge in [-0.2, -0.15) is 0 Å². The van der Waals surface area contributed by atoms with E-state index in [0.717, 1.165) is 32.9 Å². The number of hydrogen-bond donors (Lipinski definition) is 2. The van der Waals surface area contributed by atoms with E-state index in [1.54, 1.807) is 32.8 Å². The summed E-state index contributed by atoms with van der Waals surface area (Å²) in [5.74, 6) is 0.708. The first-order chi connectivity index (χ1) is 16.4. The van der Waals surface area contributed by atoms with Crippen LogP contribution < -0.4 is 20.0 Å². The first kappa shape index (κ1) is 22.4. The van der Waals surface area contributed by atoms with Gasteiger partial charge in [-0.3, -0.25) is 4.79 Å². The lowest BCUT2D eigenvalue weighted by atomic mass is 9.90. The summed E-state index contributed by atoms with van der Waals surface area (Å²) in [6, 6.07) is 23.0. The third-order valence-corrected chi connectivity index (χ3v) is 8.24.